The molecule has 3 aliphatic carbocycles. The minimum absolute atomic E-state index is 0.00358. The number of phenols is 2. The number of benzene rings is 5. The Balaban J connectivity index is 0.000000202. The summed E-state index contributed by atoms with van der Waals surface area (Å²) in [4.78, 5) is 76.2. The van der Waals surface area contributed by atoms with Crippen LogP contribution in [-0.4, -0.2) is 131 Å². The number of rotatable bonds is 53. The lowest BCUT2D eigenvalue weighted by molar-refractivity contribution is -0.156. The highest BCUT2D eigenvalue weighted by molar-refractivity contribution is 7.17. The number of esters is 6. The average molecular weight is 1880 g/mol. The summed E-state index contributed by atoms with van der Waals surface area (Å²) in [6, 6.07) is 34.5. The van der Waals surface area contributed by atoms with Crippen molar-refractivity contribution in [3.63, 3.8) is 0 Å². The largest absolute Gasteiger partial charge is 0.506 e. The van der Waals surface area contributed by atoms with Crippen LogP contribution in [0.15, 0.2) is 109 Å². The van der Waals surface area contributed by atoms with Crippen molar-refractivity contribution < 1.29 is 81.2 Å². The molecule has 0 amide bonds. The van der Waals surface area contributed by atoms with Crippen molar-refractivity contribution in [2.45, 2.75) is 433 Å². The van der Waals surface area contributed by atoms with Crippen LogP contribution >= 0.6 is 8.69 Å². The predicted molar refractivity (Wildman–Crippen MR) is 535 cm³/mol. The number of ether oxygens (including phenoxy) is 7. The maximum Gasteiger partial charge on any atom is 0.339 e. The molecule has 1 aliphatic heterocycles. The van der Waals surface area contributed by atoms with Gasteiger partial charge in [-0.3, -0.25) is 23.7 Å². The third-order valence-electron chi connectivity index (χ3n) is 26.9. The molecule has 1 saturated heterocycles. The first-order valence-corrected chi connectivity index (χ1v) is 53.3. The Morgan fingerprint density at radius 2 is 0.769 bits per heavy atom. The van der Waals surface area contributed by atoms with Crippen LogP contribution in [0.1, 0.15) is 423 Å². The zero-order valence-corrected chi connectivity index (χ0v) is 84.7. The summed E-state index contributed by atoms with van der Waals surface area (Å²) < 4.78 is 61.3. The van der Waals surface area contributed by atoms with Crippen molar-refractivity contribution in [3.05, 3.63) is 131 Å². The summed E-state index contributed by atoms with van der Waals surface area (Å²) in [5.41, 5.74) is 9.07. The highest BCUT2D eigenvalue weighted by Gasteiger charge is 2.37. The topological polar surface area (TPSA) is 265 Å². The molecule has 746 valence electrons. The van der Waals surface area contributed by atoms with Gasteiger partial charge in [-0.25, -0.2) is 14.2 Å². The number of hydrogen-bond donors (Lipinski definition) is 2. The molecule has 5 unspecified atom stereocenters. The fraction of sp³-hybridized carbons (Fsp3) is 0.673. The van der Waals surface area contributed by atoms with Crippen molar-refractivity contribution in [2.24, 2.45) is 17.8 Å². The second-order valence-electron chi connectivity index (χ2n) is 38.8. The van der Waals surface area contributed by atoms with E-state index in [1.807, 2.05) is 73.5 Å². The normalized spacial score (nSPS) is 16.0. The van der Waals surface area contributed by atoms with Gasteiger partial charge in [0.05, 0.1) is 55.9 Å². The number of carbonyl (C=O) groups is 6. The van der Waals surface area contributed by atoms with Crippen LogP contribution in [-0.2, 0) is 73.3 Å². The summed E-state index contributed by atoms with van der Waals surface area (Å²) in [6.07, 6.45) is 56.3. The number of nitrogens with zero attached hydrogens (tertiary/aromatic N) is 6. The van der Waals surface area contributed by atoms with Gasteiger partial charge in [0.15, 0.2) is 0 Å². The fourth-order valence-electron chi connectivity index (χ4n) is 17.9. The number of fused-ring (bicyclic) bond motifs is 8. The quantitative estimate of drug-likeness (QED) is 0.00896. The molecule has 13 rings (SSSR count). The summed E-state index contributed by atoms with van der Waals surface area (Å²) in [7, 11) is -0.152. The first kappa shape index (κ1) is 111. The van der Waals surface area contributed by atoms with Gasteiger partial charge in [-0.1, -0.05) is 311 Å². The zero-order valence-electron chi connectivity index (χ0n) is 83.8. The smallest absolute Gasteiger partial charge is 0.339 e. The molecule has 24 heteroatoms. The van der Waals surface area contributed by atoms with Crippen molar-refractivity contribution in [1.29, 1.82) is 0 Å². The average Bonchev–Trinajstić information content (AvgIpc) is 1.52. The van der Waals surface area contributed by atoms with Crippen LogP contribution in [0.4, 0.5) is 0 Å². The highest BCUT2D eigenvalue weighted by Crippen LogP contribution is 2.37. The Labute approximate surface area is 803 Å². The van der Waals surface area contributed by atoms with E-state index in [0.717, 1.165) is 176 Å². The summed E-state index contributed by atoms with van der Waals surface area (Å²) in [6.45, 7) is 25.9. The van der Waals surface area contributed by atoms with Crippen molar-refractivity contribution in [1.82, 2.24) is 28.1 Å². The molecular formula is C110H169N6O17P. The number of para-hydroxylation sites is 4. The third-order valence-corrected chi connectivity index (χ3v) is 27.2. The van der Waals surface area contributed by atoms with Crippen LogP contribution in [0.3, 0.4) is 0 Å². The van der Waals surface area contributed by atoms with E-state index in [9.17, 15) is 43.5 Å². The molecule has 0 spiro atoms. The van der Waals surface area contributed by atoms with E-state index in [-0.39, 0.29) is 56.5 Å². The second-order valence-corrected chi connectivity index (χ2v) is 39.2. The Hall–Kier alpha value is -8.66. The number of hydrogen-bond acceptors (Lipinski definition) is 17. The summed E-state index contributed by atoms with van der Waals surface area (Å²) >= 11 is 0. The summed E-state index contributed by atoms with van der Waals surface area (Å²) in [5, 5.41) is 20.5. The molecule has 5 heterocycles. The highest BCUT2D eigenvalue weighted by atomic mass is 31.1. The van der Waals surface area contributed by atoms with E-state index >= 15 is 0 Å². The number of aromatic hydroxyl groups is 2. The minimum atomic E-state index is -0.466. The second kappa shape index (κ2) is 62.2. The van der Waals surface area contributed by atoms with Gasteiger partial charge in [-0.15, -0.1) is 28.1 Å². The van der Waals surface area contributed by atoms with E-state index in [4.69, 9.17) is 37.7 Å². The first-order valence-electron chi connectivity index (χ1n) is 52.5. The van der Waals surface area contributed by atoms with Crippen LogP contribution in [0.5, 0.6) is 11.5 Å². The van der Waals surface area contributed by atoms with Crippen molar-refractivity contribution >= 4 is 66.6 Å². The Kier molecular flexibility index (Phi) is 51.4. The fourth-order valence-corrected chi connectivity index (χ4v) is 18.2. The molecule has 5 atom stereocenters. The number of aromatic nitrogens is 6. The maximum atomic E-state index is 12.5. The van der Waals surface area contributed by atoms with Gasteiger partial charge in [-0.05, 0) is 211 Å². The lowest BCUT2D eigenvalue weighted by atomic mass is 9.87. The predicted octanol–water partition coefficient (Wildman–Crippen LogP) is 28.5. The van der Waals surface area contributed by atoms with E-state index < -0.39 is 23.9 Å². The van der Waals surface area contributed by atoms with Crippen molar-refractivity contribution in [3.8, 4) is 22.9 Å². The molecule has 134 heavy (non-hydrogen) atoms. The number of unbranched alkanes of at least 4 members (excludes halogenated alkanes) is 17. The lowest BCUT2D eigenvalue weighted by Gasteiger charge is -2.23. The van der Waals surface area contributed by atoms with Gasteiger partial charge in [-0.2, -0.15) is 0 Å². The van der Waals surface area contributed by atoms with Gasteiger partial charge in [0, 0.05) is 12.8 Å². The first-order chi connectivity index (χ1) is 65.1. The van der Waals surface area contributed by atoms with Crippen LogP contribution < -0.4 is 0 Å². The third kappa shape index (κ3) is 38.7. The standard InChI is InChI=1S/C26H50O3.C23H29N3O3.C20H26O4.C19H36O4.C16H17N3O.C6H11O2P/c1-4-7-9-10-12-15-19-24-25(29-24)20-16-13-11-14-17-21-26(27)28-22-23(6-3)18-8-5-2;1-2-3-4-5-6-9-16-29-23(28)15-13-18-12-14-22(27)21(17-18)26-24-19-10-7-8-11-20(19)25(24)26;21-19(23-15-9-3-1-4-10-15)17-13-7-8-14-18(17)20(22)24-16-11-5-2-6-12-16;1-5-9-11-16(7-3)14-22-18(20)13-19(21)23-15-17(8-4)12-10-6-2;1-16(2,3)11-8-9-15(20)14(10-11)19-17-12-6-4-5-7-13(12)18(17)19;7-9-8-6-4-2-1-3-5-6/h23-25H,4-22H2,1-3H3;7-8,10-12,14,17,27H,2-6,9,13,15-16H2,1H3;7-8,13-16H,1-6,9-12H2;16-17H,5-15H2,1-4H3;4-10,20H,1-3H3;6H,1-5H2. The van der Waals surface area contributed by atoms with E-state index in [0.29, 0.717) is 92.5 Å². The number of phenolic OH excluding ortho intramolecular Hbond substituents is 2. The number of epoxide rings is 1. The monoisotopic (exact) mass is 1880 g/mol. The lowest BCUT2D eigenvalue weighted by Crippen LogP contribution is -2.24. The zero-order chi connectivity index (χ0) is 96.3. The molecule has 0 bridgehead atoms. The van der Waals surface area contributed by atoms with Gasteiger partial charge in [0.2, 0.25) is 0 Å². The van der Waals surface area contributed by atoms with E-state index in [2.05, 4.69) is 104 Å². The Bertz CT molecular complexity index is 4570. The molecule has 2 N–H and O–H groups in total. The molecular weight excluding hydrogens is 1710 g/mol. The molecule has 4 aromatic heterocycles. The molecule has 5 aromatic carbocycles. The molecule has 4 aliphatic rings. The van der Waals surface area contributed by atoms with Crippen LogP contribution in [0, 0.1) is 17.8 Å². The maximum absolute atomic E-state index is 12.5. The molecule has 23 nitrogen and oxygen atoms in total. The molecule has 0 radical (unpaired) electrons. The van der Waals surface area contributed by atoms with Crippen LogP contribution in [0.25, 0.3) is 33.4 Å². The van der Waals surface area contributed by atoms with Crippen LogP contribution in [0.2, 0.25) is 0 Å². The Morgan fingerprint density at radius 3 is 1.18 bits per heavy atom. The van der Waals surface area contributed by atoms with Gasteiger partial charge in [0.1, 0.15) is 63.6 Å². The van der Waals surface area contributed by atoms with E-state index in [1.54, 1.807) is 36.4 Å². The molecule has 3 saturated carbocycles. The number of carbonyl (C=O) groups excluding carboxylic acids is 6. The molecule has 9 aromatic rings. The van der Waals surface area contributed by atoms with Gasteiger partial charge >= 0.3 is 44.5 Å². The summed E-state index contributed by atoms with van der Waals surface area (Å²) in [5.74, 6) is -0.0219. The SMILES string of the molecule is CC(C)(C)c1ccc(O)c(-n2n3c4ccccc4n23)c1.CCCCC(CC)COC(=O)CC(=O)OCC(CC)CCCC.CCCCCCCCC1OC1CCCCCCCC(=O)OCC(CC)CCCC.CCCCCCCCOC(=O)CCc1ccc(O)c(-n2n3c4ccccc4n23)c1.O=C(OC1CCCCC1)c1ccccc1C(=O)OC1CCCCC1.O=POC1CCCCC1. The minimum Gasteiger partial charge on any atom is -0.506 e. The van der Waals surface area contributed by atoms with Gasteiger partial charge < -0.3 is 43.4 Å². The van der Waals surface area contributed by atoms with Gasteiger partial charge in [0.25, 0.3) is 0 Å². The molecule has 4 fully saturated rings. The van der Waals surface area contributed by atoms with E-state index in [1.165, 1.54) is 164 Å². The van der Waals surface area contributed by atoms with Crippen molar-refractivity contribution in [2.75, 3.05) is 26.4 Å². The number of aryl methyl sites for hydroxylation is 1. The Morgan fingerprint density at radius 1 is 0.403 bits per heavy atom.